The number of amidine groups is 1. The van der Waals surface area contributed by atoms with Crippen molar-refractivity contribution in [3.05, 3.63) is 71.0 Å². The molecule has 2 heterocycles. The third-order valence-corrected chi connectivity index (χ3v) is 4.29. The van der Waals surface area contributed by atoms with E-state index < -0.39 is 5.72 Å². The highest BCUT2D eigenvalue weighted by atomic mass is 19.1. The molecule has 3 nitrogen and oxygen atoms in total. The van der Waals surface area contributed by atoms with E-state index in [4.69, 9.17) is 0 Å². The lowest BCUT2D eigenvalue weighted by molar-refractivity contribution is -0.0745. The SMILES string of the molecule is O[C@@]1(c2ccc(F)cc2)Cc2ccccc2C2=NCCN21. The lowest BCUT2D eigenvalue weighted by atomic mass is 9.86. The van der Waals surface area contributed by atoms with Gasteiger partial charge in [-0.25, -0.2) is 4.39 Å². The van der Waals surface area contributed by atoms with Gasteiger partial charge in [0.05, 0.1) is 6.54 Å². The summed E-state index contributed by atoms with van der Waals surface area (Å²) in [6.45, 7) is 1.35. The lowest BCUT2D eigenvalue weighted by Gasteiger charge is -2.43. The molecular weight excluding hydrogens is 267 g/mol. The van der Waals surface area contributed by atoms with E-state index in [1.54, 1.807) is 12.1 Å². The number of aliphatic hydroxyl groups is 1. The molecule has 2 aromatic rings. The van der Waals surface area contributed by atoms with E-state index in [9.17, 15) is 9.50 Å². The van der Waals surface area contributed by atoms with Crippen molar-refractivity contribution in [2.45, 2.75) is 12.1 Å². The second kappa shape index (κ2) is 4.40. The second-order valence-electron chi connectivity index (χ2n) is 5.51. The first-order valence-electron chi connectivity index (χ1n) is 7.07. The predicted octanol–water partition coefficient (Wildman–Crippen LogP) is 2.29. The van der Waals surface area contributed by atoms with Gasteiger partial charge in [0.2, 0.25) is 0 Å². The third-order valence-electron chi connectivity index (χ3n) is 4.29. The van der Waals surface area contributed by atoms with Gasteiger partial charge in [-0.15, -0.1) is 0 Å². The summed E-state index contributed by atoms with van der Waals surface area (Å²) >= 11 is 0. The van der Waals surface area contributed by atoms with Crippen LogP contribution >= 0.6 is 0 Å². The van der Waals surface area contributed by atoms with E-state index in [1.165, 1.54) is 12.1 Å². The van der Waals surface area contributed by atoms with Gasteiger partial charge in [0.1, 0.15) is 11.7 Å². The Bertz CT molecular complexity index is 726. The molecule has 1 atom stereocenters. The molecule has 1 N–H and O–H groups in total. The van der Waals surface area contributed by atoms with Gasteiger partial charge in [0.25, 0.3) is 0 Å². The Kier molecular flexibility index (Phi) is 2.62. The Morgan fingerprint density at radius 1 is 1.10 bits per heavy atom. The minimum atomic E-state index is -1.16. The van der Waals surface area contributed by atoms with Crippen LogP contribution in [0.1, 0.15) is 16.7 Å². The average molecular weight is 282 g/mol. The minimum Gasteiger partial charge on any atom is -0.366 e. The highest BCUT2D eigenvalue weighted by Crippen LogP contribution is 2.38. The molecule has 0 aromatic heterocycles. The fourth-order valence-corrected chi connectivity index (χ4v) is 3.27. The molecule has 0 aliphatic carbocycles. The molecule has 0 saturated carbocycles. The number of nitrogens with zero attached hydrogens (tertiary/aromatic N) is 2. The maximum Gasteiger partial charge on any atom is 0.169 e. The average Bonchev–Trinajstić information content (AvgIpc) is 2.99. The molecule has 2 aliphatic heterocycles. The summed E-state index contributed by atoms with van der Waals surface area (Å²) in [4.78, 5) is 6.48. The first-order chi connectivity index (χ1) is 10.2. The van der Waals surface area contributed by atoms with Gasteiger partial charge in [-0.2, -0.15) is 0 Å². The molecule has 0 radical (unpaired) electrons. The molecule has 0 amide bonds. The van der Waals surface area contributed by atoms with Crippen LogP contribution in [0.4, 0.5) is 4.39 Å². The molecule has 0 bridgehead atoms. The van der Waals surface area contributed by atoms with E-state index >= 15 is 0 Å². The van der Waals surface area contributed by atoms with E-state index in [0.29, 0.717) is 25.1 Å². The van der Waals surface area contributed by atoms with Crippen molar-refractivity contribution >= 4 is 5.84 Å². The molecule has 0 fully saturated rings. The fourth-order valence-electron chi connectivity index (χ4n) is 3.27. The van der Waals surface area contributed by atoms with E-state index in [-0.39, 0.29) is 5.82 Å². The zero-order chi connectivity index (χ0) is 14.4. The van der Waals surface area contributed by atoms with Crippen molar-refractivity contribution < 1.29 is 9.50 Å². The zero-order valence-electron chi connectivity index (χ0n) is 11.5. The molecule has 21 heavy (non-hydrogen) atoms. The Morgan fingerprint density at radius 3 is 2.67 bits per heavy atom. The summed E-state index contributed by atoms with van der Waals surface area (Å²) in [6, 6.07) is 14.1. The lowest BCUT2D eigenvalue weighted by Crippen LogP contribution is -2.53. The van der Waals surface area contributed by atoms with Crippen LogP contribution in [0, 0.1) is 5.82 Å². The van der Waals surface area contributed by atoms with Gasteiger partial charge in [-0.3, -0.25) is 4.99 Å². The van der Waals surface area contributed by atoms with Gasteiger partial charge >= 0.3 is 0 Å². The number of benzene rings is 2. The van der Waals surface area contributed by atoms with Crippen LogP contribution in [0.2, 0.25) is 0 Å². The van der Waals surface area contributed by atoms with Gasteiger partial charge in [0, 0.05) is 24.1 Å². The summed E-state index contributed by atoms with van der Waals surface area (Å²) < 4.78 is 13.2. The van der Waals surface area contributed by atoms with Crippen molar-refractivity contribution in [2.24, 2.45) is 4.99 Å². The second-order valence-corrected chi connectivity index (χ2v) is 5.51. The predicted molar refractivity (Wildman–Crippen MR) is 78.6 cm³/mol. The van der Waals surface area contributed by atoms with Gasteiger partial charge < -0.3 is 10.0 Å². The molecule has 4 heteroatoms. The topological polar surface area (TPSA) is 35.8 Å². The number of fused-ring (bicyclic) bond motifs is 3. The van der Waals surface area contributed by atoms with Gasteiger partial charge in [-0.05, 0) is 17.7 Å². The summed E-state index contributed by atoms with van der Waals surface area (Å²) in [7, 11) is 0. The normalized spacial score (nSPS) is 23.5. The molecule has 2 aromatic carbocycles. The van der Waals surface area contributed by atoms with Crippen molar-refractivity contribution in [2.75, 3.05) is 13.1 Å². The molecule has 0 unspecified atom stereocenters. The summed E-state index contributed by atoms with van der Waals surface area (Å²) in [5, 5.41) is 11.3. The van der Waals surface area contributed by atoms with Crippen LogP contribution in [0.5, 0.6) is 0 Å². The smallest absolute Gasteiger partial charge is 0.169 e. The number of rotatable bonds is 1. The van der Waals surface area contributed by atoms with Crippen LogP contribution in [-0.2, 0) is 12.1 Å². The fraction of sp³-hybridized carbons (Fsp3) is 0.235. The monoisotopic (exact) mass is 282 g/mol. The zero-order valence-corrected chi connectivity index (χ0v) is 11.5. The van der Waals surface area contributed by atoms with Crippen LogP contribution < -0.4 is 0 Å². The van der Waals surface area contributed by atoms with Crippen molar-refractivity contribution in [1.29, 1.82) is 0 Å². The Balaban J connectivity index is 1.87. The molecule has 0 saturated heterocycles. The Hall–Kier alpha value is -2.20. The summed E-state index contributed by atoms with van der Waals surface area (Å²) in [6.07, 6.45) is 0.480. The number of hydrogen-bond donors (Lipinski definition) is 1. The van der Waals surface area contributed by atoms with Crippen molar-refractivity contribution in [3.63, 3.8) is 0 Å². The van der Waals surface area contributed by atoms with E-state index in [2.05, 4.69) is 4.99 Å². The molecular formula is C17H15FN2O. The van der Waals surface area contributed by atoms with Crippen LogP contribution in [0.15, 0.2) is 53.5 Å². The first-order valence-corrected chi connectivity index (χ1v) is 7.07. The molecule has 2 aliphatic rings. The van der Waals surface area contributed by atoms with Crippen LogP contribution in [-0.4, -0.2) is 28.9 Å². The third kappa shape index (κ3) is 1.79. The maximum atomic E-state index is 13.2. The van der Waals surface area contributed by atoms with Crippen LogP contribution in [0.3, 0.4) is 0 Å². The minimum absolute atomic E-state index is 0.297. The highest BCUT2D eigenvalue weighted by Gasteiger charge is 2.44. The van der Waals surface area contributed by atoms with Gasteiger partial charge in [0.15, 0.2) is 5.72 Å². The Morgan fingerprint density at radius 2 is 1.86 bits per heavy atom. The summed E-state index contributed by atoms with van der Waals surface area (Å²) in [5.41, 5.74) is 1.70. The van der Waals surface area contributed by atoms with Gasteiger partial charge in [-0.1, -0.05) is 36.4 Å². The number of aliphatic imine (C=N–C) groups is 1. The molecule has 0 spiro atoms. The van der Waals surface area contributed by atoms with Crippen LogP contribution in [0.25, 0.3) is 0 Å². The van der Waals surface area contributed by atoms with E-state index in [1.807, 2.05) is 29.2 Å². The number of halogens is 1. The first kappa shape index (κ1) is 12.5. The van der Waals surface area contributed by atoms with Crippen molar-refractivity contribution in [3.8, 4) is 0 Å². The number of hydrogen-bond acceptors (Lipinski definition) is 3. The standard InChI is InChI=1S/C17H15FN2O/c18-14-7-5-13(6-8-14)17(21)11-12-3-1-2-4-15(12)16-19-9-10-20(16)17/h1-8,21H,9-11H2/t17-/m1/s1. The summed E-state index contributed by atoms with van der Waals surface area (Å²) in [5.74, 6) is 0.539. The highest BCUT2D eigenvalue weighted by molar-refractivity contribution is 6.02. The van der Waals surface area contributed by atoms with E-state index in [0.717, 1.165) is 17.0 Å². The molecule has 4 rings (SSSR count). The Labute approximate surface area is 122 Å². The quantitative estimate of drug-likeness (QED) is 0.871. The maximum absolute atomic E-state index is 13.2. The van der Waals surface area contributed by atoms with Crippen molar-refractivity contribution in [1.82, 2.24) is 4.90 Å². The molecule has 106 valence electrons. The largest absolute Gasteiger partial charge is 0.366 e.